The van der Waals surface area contributed by atoms with Crippen LogP contribution in [0.25, 0.3) is 0 Å². The third kappa shape index (κ3) is 5.75. The van der Waals surface area contributed by atoms with Gasteiger partial charge in [-0.1, -0.05) is 36.0 Å². The molecule has 0 fully saturated rings. The average Bonchev–Trinajstić information content (AvgIpc) is 3.57. The number of anilines is 1. The van der Waals surface area contributed by atoms with Gasteiger partial charge in [-0.25, -0.2) is 5.01 Å². The molecule has 1 N–H and O–H groups in total. The summed E-state index contributed by atoms with van der Waals surface area (Å²) in [6, 6.07) is 22.5. The molecule has 2 aliphatic heterocycles. The quantitative estimate of drug-likeness (QED) is 0.431. The van der Waals surface area contributed by atoms with Crippen LogP contribution in [0.2, 0.25) is 0 Å². The molecule has 9 nitrogen and oxygen atoms in total. The number of thioether (sulfide) groups is 1. The highest BCUT2D eigenvalue weighted by atomic mass is 32.2. The second-order valence-corrected chi connectivity index (χ2v) is 10.1. The first kappa shape index (κ1) is 26.3. The third-order valence-corrected chi connectivity index (χ3v) is 7.65. The average molecular weight is 545 g/mol. The molecule has 2 amide bonds. The molecule has 2 atom stereocenters. The first-order valence-corrected chi connectivity index (χ1v) is 13.2. The number of carbonyl (C=O) groups is 2. The summed E-state index contributed by atoms with van der Waals surface area (Å²) >= 11 is 1.26. The Bertz CT molecular complexity index is 1420. The zero-order valence-corrected chi connectivity index (χ0v) is 22.6. The Labute approximate surface area is 230 Å². The van der Waals surface area contributed by atoms with Crippen LogP contribution in [-0.2, 0) is 9.59 Å². The Morgan fingerprint density at radius 1 is 0.949 bits per heavy atom. The lowest BCUT2D eigenvalue weighted by Gasteiger charge is -2.23. The summed E-state index contributed by atoms with van der Waals surface area (Å²) in [5.41, 5.74) is 3.39. The molecule has 0 spiro atoms. The lowest BCUT2D eigenvalue weighted by molar-refractivity contribution is -0.121. The molecule has 0 unspecified atom stereocenters. The Morgan fingerprint density at radius 3 is 2.28 bits per heavy atom. The minimum absolute atomic E-state index is 0.0232. The molecular weight excluding hydrogens is 516 g/mol. The van der Waals surface area contributed by atoms with Crippen molar-refractivity contribution >= 4 is 40.1 Å². The van der Waals surface area contributed by atoms with E-state index in [2.05, 4.69) is 10.3 Å². The van der Waals surface area contributed by atoms with Gasteiger partial charge in [0.05, 0.1) is 38.8 Å². The zero-order chi connectivity index (χ0) is 27.4. The van der Waals surface area contributed by atoms with Crippen LogP contribution < -0.4 is 19.5 Å². The van der Waals surface area contributed by atoms with Crippen LogP contribution in [0.5, 0.6) is 17.2 Å². The molecule has 2 heterocycles. The van der Waals surface area contributed by atoms with Gasteiger partial charge in [0.2, 0.25) is 5.91 Å². The van der Waals surface area contributed by atoms with Gasteiger partial charge in [-0.2, -0.15) is 10.1 Å². The molecule has 0 radical (unpaired) electrons. The number of methoxy groups -OCH3 is 3. The van der Waals surface area contributed by atoms with Gasteiger partial charge in [-0.15, -0.1) is 0 Å². The van der Waals surface area contributed by atoms with Gasteiger partial charge in [0.1, 0.15) is 22.5 Å². The molecular formula is C29H28N4O5S. The van der Waals surface area contributed by atoms with E-state index in [1.54, 1.807) is 37.4 Å². The predicted octanol–water partition coefficient (Wildman–Crippen LogP) is 4.89. The molecule has 39 heavy (non-hydrogen) atoms. The number of rotatable bonds is 8. The van der Waals surface area contributed by atoms with Crippen molar-refractivity contribution in [2.24, 2.45) is 10.1 Å². The van der Waals surface area contributed by atoms with E-state index in [1.165, 1.54) is 18.9 Å². The van der Waals surface area contributed by atoms with Gasteiger partial charge in [-0.3, -0.25) is 9.59 Å². The number of amidine groups is 1. The lowest BCUT2D eigenvalue weighted by Crippen LogP contribution is -2.25. The van der Waals surface area contributed by atoms with E-state index in [0.717, 1.165) is 28.3 Å². The fourth-order valence-corrected chi connectivity index (χ4v) is 5.51. The van der Waals surface area contributed by atoms with Gasteiger partial charge in [0.25, 0.3) is 5.91 Å². The second kappa shape index (κ2) is 11.6. The minimum atomic E-state index is -0.647. The van der Waals surface area contributed by atoms with E-state index in [1.807, 2.05) is 54.6 Å². The maximum absolute atomic E-state index is 12.9. The second-order valence-electron chi connectivity index (χ2n) is 8.90. The van der Waals surface area contributed by atoms with Crippen LogP contribution in [0.3, 0.4) is 0 Å². The van der Waals surface area contributed by atoms with Crippen LogP contribution in [0.15, 0.2) is 82.9 Å². The smallest absolute Gasteiger partial charge is 0.262 e. The van der Waals surface area contributed by atoms with E-state index in [-0.39, 0.29) is 24.3 Å². The molecule has 0 aromatic heterocycles. The van der Waals surface area contributed by atoms with Crippen molar-refractivity contribution in [1.29, 1.82) is 0 Å². The van der Waals surface area contributed by atoms with Crippen molar-refractivity contribution in [3.63, 3.8) is 0 Å². The summed E-state index contributed by atoms with van der Waals surface area (Å²) in [6.45, 7) is 0. The van der Waals surface area contributed by atoms with E-state index in [4.69, 9.17) is 19.3 Å². The number of aliphatic imine (C=N–C) groups is 1. The topological polar surface area (TPSA) is 102 Å². The fourth-order valence-electron chi connectivity index (χ4n) is 4.45. The van der Waals surface area contributed by atoms with Gasteiger partial charge in [0.15, 0.2) is 5.17 Å². The van der Waals surface area contributed by atoms with Crippen LogP contribution in [0.4, 0.5) is 5.69 Å². The first-order chi connectivity index (χ1) is 19.0. The van der Waals surface area contributed by atoms with Crippen LogP contribution in [-0.4, -0.2) is 54.3 Å². The van der Waals surface area contributed by atoms with Crippen molar-refractivity contribution in [3.8, 4) is 17.2 Å². The van der Waals surface area contributed by atoms with Gasteiger partial charge >= 0.3 is 0 Å². The number of hydrogen-bond acceptors (Lipinski definition) is 8. The highest BCUT2D eigenvalue weighted by Crippen LogP contribution is 2.39. The van der Waals surface area contributed by atoms with Crippen LogP contribution >= 0.6 is 11.8 Å². The monoisotopic (exact) mass is 544 g/mol. The molecule has 0 saturated heterocycles. The number of amides is 2. The summed E-state index contributed by atoms with van der Waals surface area (Å²) in [6.07, 6.45) is 0.593. The number of hydrogen-bond donors (Lipinski definition) is 1. The van der Waals surface area contributed by atoms with Gasteiger partial charge in [-0.05, 0) is 59.7 Å². The molecule has 0 bridgehead atoms. The molecule has 200 valence electrons. The molecule has 3 aromatic carbocycles. The number of nitrogens with one attached hydrogen (secondary N) is 1. The van der Waals surface area contributed by atoms with Crippen molar-refractivity contribution in [3.05, 3.63) is 83.9 Å². The molecule has 5 rings (SSSR count). The molecule has 0 saturated carbocycles. The molecule has 3 aromatic rings. The number of benzene rings is 3. The summed E-state index contributed by atoms with van der Waals surface area (Å²) in [5.74, 6) is 1.41. The first-order valence-electron chi connectivity index (χ1n) is 12.4. The van der Waals surface area contributed by atoms with Crippen molar-refractivity contribution in [1.82, 2.24) is 5.01 Å². The van der Waals surface area contributed by atoms with Crippen molar-refractivity contribution in [2.45, 2.75) is 24.1 Å². The molecule has 2 aliphatic rings. The Morgan fingerprint density at radius 2 is 1.62 bits per heavy atom. The standard InChI is InChI=1S/C29H28N4O5S/c1-36-20-12-8-18(9-13-20)23-16-24(19-10-14-21(37-2)15-11-19)33(32-23)29-31-28(35)26(39-29)17-27(34)30-22-6-4-5-7-25(22)38-3/h4-15,24,26H,16-17H2,1-3H3,(H,30,34)/t24-,26+/m1/s1. The van der Waals surface area contributed by atoms with Crippen LogP contribution in [0, 0.1) is 0 Å². The van der Waals surface area contributed by atoms with Crippen LogP contribution in [0.1, 0.15) is 30.0 Å². The SMILES string of the molecule is COc1ccc(C2=NN(C3=NC(=O)[C@H](CC(=O)Nc4ccccc4OC)S3)[C@@H](c3ccc(OC)cc3)C2)cc1. The molecule has 0 aliphatic carbocycles. The summed E-state index contributed by atoms with van der Waals surface area (Å²) in [5, 5.41) is 9.34. The zero-order valence-electron chi connectivity index (χ0n) is 21.8. The Kier molecular flexibility index (Phi) is 7.83. The number of para-hydroxylation sites is 2. The maximum Gasteiger partial charge on any atom is 0.262 e. The maximum atomic E-state index is 12.9. The van der Waals surface area contributed by atoms with E-state index in [0.29, 0.717) is 23.0 Å². The summed E-state index contributed by atoms with van der Waals surface area (Å²) in [4.78, 5) is 30.0. The van der Waals surface area contributed by atoms with Crippen molar-refractivity contribution < 1.29 is 23.8 Å². The molecule has 10 heteroatoms. The summed E-state index contributed by atoms with van der Waals surface area (Å²) in [7, 11) is 4.79. The highest BCUT2D eigenvalue weighted by Gasteiger charge is 2.39. The van der Waals surface area contributed by atoms with Crippen molar-refractivity contribution in [2.75, 3.05) is 26.6 Å². The van der Waals surface area contributed by atoms with E-state index in [9.17, 15) is 9.59 Å². The fraction of sp³-hybridized carbons (Fsp3) is 0.241. The Hall–Kier alpha value is -4.31. The summed E-state index contributed by atoms with van der Waals surface area (Å²) < 4.78 is 15.9. The Balaban J connectivity index is 1.35. The van der Waals surface area contributed by atoms with Gasteiger partial charge < -0.3 is 19.5 Å². The largest absolute Gasteiger partial charge is 0.497 e. The lowest BCUT2D eigenvalue weighted by atomic mass is 9.98. The van der Waals surface area contributed by atoms with Gasteiger partial charge in [0, 0.05) is 12.8 Å². The van der Waals surface area contributed by atoms with E-state index >= 15 is 0 Å². The number of ether oxygens (including phenoxy) is 3. The number of nitrogens with zero attached hydrogens (tertiary/aromatic N) is 3. The number of carbonyl (C=O) groups excluding carboxylic acids is 2. The third-order valence-electron chi connectivity index (χ3n) is 6.51. The minimum Gasteiger partial charge on any atom is -0.497 e. The van der Waals surface area contributed by atoms with E-state index < -0.39 is 5.25 Å². The number of hydrazone groups is 1. The predicted molar refractivity (Wildman–Crippen MR) is 152 cm³/mol. The normalized spacial score (nSPS) is 18.4. The highest BCUT2D eigenvalue weighted by molar-refractivity contribution is 8.15.